The first-order valence-electron chi connectivity index (χ1n) is 0.200. The molecule has 0 fully saturated rings. The summed E-state index contributed by atoms with van der Waals surface area (Å²) in [5, 5.41) is 12.0. The molecule has 0 unspecified atom stereocenters. The van der Waals surface area contributed by atoms with E-state index in [4.69, 9.17) is 10.5 Å². The summed E-state index contributed by atoms with van der Waals surface area (Å²) in [4.78, 5) is 0. The molecule has 0 spiro atoms. The van der Waals surface area contributed by atoms with Gasteiger partial charge in [0.2, 0.25) is 0 Å². The zero-order valence-corrected chi connectivity index (χ0v) is 12.0. The van der Waals surface area contributed by atoms with Crippen molar-refractivity contribution in [1.29, 1.82) is 0 Å². The third-order valence-electron chi connectivity index (χ3n) is 0. The van der Waals surface area contributed by atoms with E-state index in [0.717, 1.165) is 0 Å². The van der Waals surface area contributed by atoms with E-state index in [-0.39, 0.29) is 128 Å². The molecule has 0 amide bonds. The van der Waals surface area contributed by atoms with Crippen molar-refractivity contribution in [2.24, 2.45) is 0 Å². The van der Waals surface area contributed by atoms with E-state index >= 15 is 0 Å². The minimum Gasteiger partial charge on any atom is -0.412 e. The van der Waals surface area contributed by atoms with Crippen molar-refractivity contribution in [3.05, 3.63) is 0 Å². The average molecular weight is 366 g/mol. The molecule has 6 nitrogen and oxygen atoms in total. The summed E-state index contributed by atoms with van der Waals surface area (Å²) in [5.74, 6) is 0. The molecule has 0 aromatic rings. The van der Waals surface area contributed by atoms with Crippen molar-refractivity contribution >= 4 is 37.7 Å². The zero-order chi connectivity index (χ0) is 2.00. The van der Waals surface area contributed by atoms with Gasteiger partial charge in [0, 0.05) is 68.3 Å². The fraction of sp³-hybridized carbons (Fsp3) is 0. The summed E-state index contributed by atoms with van der Waals surface area (Å²) >= 11 is 0. The van der Waals surface area contributed by atoms with Crippen LogP contribution in [0.1, 0.15) is 0 Å². The molecule has 4 radical (unpaired) electrons. The molecule has 0 saturated heterocycles. The predicted octanol–water partition coefficient (Wildman–Crippen LogP) is -3.67. The predicted molar refractivity (Wildman–Crippen MR) is 25.5 cm³/mol. The van der Waals surface area contributed by atoms with Gasteiger partial charge in [-0.3, -0.25) is 10.5 Å². The Balaban J connectivity index is -0.000000000139. The van der Waals surface area contributed by atoms with Gasteiger partial charge in [0.15, 0.2) is 0 Å². The maximum Gasteiger partial charge on any atom is 2.00 e. The van der Waals surface area contributed by atoms with Crippen LogP contribution >= 0.6 is 0 Å². The van der Waals surface area contributed by atoms with E-state index in [2.05, 4.69) is 0 Å². The van der Waals surface area contributed by atoms with Crippen molar-refractivity contribution in [3.8, 4) is 0 Å². The van der Waals surface area contributed by atoms with Crippen molar-refractivity contribution in [3.63, 3.8) is 0 Å². The van der Waals surface area contributed by atoms with Crippen molar-refractivity contribution in [2.75, 3.05) is 0 Å². The van der Waals surface area contributed by atoms with Crippen LogP contribution in [0.5, 0.6) is 0 Å². The molecule has 0 bridgehead atoms. The van der Waals surface area contributed by atoms with E-state index in [1.807, 2.05) is 0 Å². The average Bonchev–Trinajstić information content (AvgIpc) is 1.00. The number of hydrogen-bond donors (Lipinski definition) is 2. The van der Waals surface area contributed by atoms with Crippen LogP contribution in [0.3, 0.4) is 0 Å². The first-order valence-corrected chi connectivity index (χ1v) is 0.200. The van der Waals surface area contributed by atoms with E-state index < -0.39 is 0 Å². The normalized spacial score (nSPS) is 0.545. The Kier molecular flexibility index (Phi) is 2620. The van der Waals surface area contributed by atoms with Crippen molar-refractivity contribution < 1.29 is 101 Å². The smallest absolute Gasteiger partial charge is 0.412 e. The standard InChI is InChI=1S/Ca.4Mn.H2O2.4H2O/c;;;;;1-2;;;;/h;;;;;1-2H;4*1H2/q+2;;;;;;;;;. The van der Waals surface area contributed by atoms with Gasteiger partial charge in [0.05, 0.1) is 0 Å². The molecule has 74 valence electrons. The molecule has 10 N–H and O–H groups in total. The van der Waals surface area contributed by atoms with Crippen LogP contribution in [-0.4, -0.2) is 70.2 Å². The Labute approximate surface area is 136 Å². The van der Waals surface area contributed by atoms with Crippen LogP contribution in [0.2, 0.25) is 0 Å². The maximum atomic E-state index is 6.00. The van der Waals surface area contributed by atoms with Gasteiger partial charge in [0.25, 0.3) is 0 Å². The molecular weight excluding hydrogens is 356 g/mol. The van der Waals surface area contributed by atoms with Gasteiger partial charge < -0.3 is 21.9 Å². The second-order valence-corrected chi connectivity index (χ2v) is 0. The molecule has 0 rings (SSSR count). The van der Waals surface area contributed by atoms with Crippen molar-refractivity contribution in [1.82, 2.24) is 0 Å². The van der Waals surface area contributed by atoms with Crippen LogP contribution in [0.15, 0.2) is 0 Å². The fourth-order valence-corrected chi connectivity index (χ4v) is 0. The van der Waals surface area contributed by atoms with Gasteiger partial charge in [-0.1, -0.05) is 0 Å². The Morgan fingerprint density at radius 1 is 0.455 bits per heavy atom. The Morgan fingerprint density at radius 3 is 0.455 bits per heavy atom. The summed E-state index contributed by atoms with van der Waals surface area (Å²) in [6, 6.07) is 0. The minimum absolute atomic E-state index is 0. The van der Waals surface area contributed by atoms with Gasteiger partial charge in [-0.2, -0.15) is 0 Å². The molecule has 0 aromatic heterocycles. The molecule has 0 aliphatic heterocycles. The largest absolute Gasteiger partial charge is 2.00 e. The van der Waals surface area contributed by atoms with Gasteiger partial charge in [-0.25, -0.2) is 0 Å². The number of rotatable bonds is 0. The van der Waals surface area contributed by atoms with Gasteiger partial charge >= 0.3 is 37.7 Å². The van der Waals surface area contributed by atoms with Crippen LogP contribution in [0, 0.1) is 0 Å². The van der Waals surface area contributed by atoms with Crippen LogP contribution in [0.25, 0.3) is 0 Å². The fourth-order valence-electron chi connectivity index (χ4n) is 0. The quantitative estimate of drug-likeness (QED) is 0.256. The molecule has 0 heterocycles. The minimum atomic E-state index is 0. The van der Waals surface area contributed by atoms with Gasteiger partial charge in [-0.05, 0) is 0 Å². The Hall–Kier alpha value is 3.10. The Bertz CT molecular complexity index is 14.5. The summed E-state index contributed by atoms with van der Waals surface area (Å²) in [6.07, 6.45) is 0. The molecule has 0 atom stereocenters. The topological polar surface area (TPSA) is 166 Å². The third-order valence-corrected chi connectivity index (χ3v) is 0. The van der Waals surface area contributed by atoms with E-state index in [9.17, 15) is 0 Å². The molecule has 11 heavy (non-hydrogen) atoms. The van der Waals surface area contributed by atoms with Crippen LogP contribution < -0.4 is 0 Å². The van der Waals surface area contributed by atoms with E-state index in [1.165, 1.54) is 0 Å². The van der Waals surface area contributed by atoms with Crippen LogP contribution in [0.4, 0.5) is 0 Å². The van der Waals surface area contributed by atoms with Crippen molar-refractivity contribution in [2.45, 2.75) is 0 Å². The molecule has 11 heteroatoms. The summed E-state index contributed by atoms with van der Waals surface area (Å²) in [7, 11) is 0. The monoisotopic (exact) mass is 366 g/mol. The van der Waals surface area contributed by atoms with Gasteiger partial charge in [-0.15, -0.1) is 0 Å². The molecule has 0 aliphatic rings. The SMILES string of the molecule is O.O.O.O.OO.[Ca+2].[Mn].[Mn].[Mn].[Mn]. The summed E-state index contributed by atoms with van der Waals surface area (Å²) < 4.78 is 0. The molecular formula is H10CaMn4O6+2. The first-order chi connectivity index (χ1) is 1.00. The molecule has 0 aliphatic carbocycles. The van der Waals surface area contributed by atoms with E-state index in [1.54, 1.807) is 0 Å². The first kappa shape index (κ1) is 144. The molecule has 0 saturated carbocycles. The Morgan fingerprint density at radius 2 is 0.455 bits per heavy atom. The number of hydrogen-bond acceptors (Lipinski definition) is 2. The third kappa shape index (κ3) is 168. The second kappa shape index (κ2) is 200. The molecule has 0 aromatic carbocycles. The zero-order valence-electron chi connectivity index (χ0n) is 5.11. The summed E-state index contributed by atoms with van der Waals surface area (Å²) in [5.41, 5.74) is 0. The van der Waals surface area contributed by atoms with Crippen LogP contribution in [-0.2, 0) is 68.3 Å². The summed E-state index contributed by atoms with van der Waals surface area (Å²) in [6.45, 7) is 0. The maximum absolute atomic E-state index is 6.00. The van der Waals surface area contributed by atoms with E-state index in [0.29, 0.717) is 0 Å². The second-order valence-electron chi connectivity index (χ2n) is 0. The van der Waals surface area contributed by atoms with Gasteiger partial charge in [0.1, 0.15) is 0 Å².